The summed E-state index contributed by atoms with van der Waals surface area (Å²) >= 11 is 0. The molecule has 0 fully saturated rings. The van der Waals surface area contributed by atoms with Gasteiger partial charge >= 0.3 is 0 Å². The topological polar surface area (TPSA) is 41.6 Å². The molecule has 3 nitrogen and oxygen atoms in total. The van der Waals surface area contributed by atoms with Gasteiger partial charge in [-0.15, -0.1) is 0 Å². The van der Waals surface area contributed by atoms with Crippen LogP contribution in [0.2, 0.25) is 0 Å². The van der Waals surface area contributed by atoms with E-state index in [-0.39, 0.29) is 11.6 Å². The number of nitrogens with zero attached hydrogens (tertiary/aromatic N) is 2. The lowest BCUT2D eigenvalue weighted by molar-refractivity contribution is 0.151. The number of hydrogen-bond acceptors (Lipinski definition) is 3. The second-order valence-electron chi connectivity index (χ2n) is 3.97. The number of guanidine groups is 1. The molecule has 0 amide bonds. The lowest BCUT2D eigenvalue weighted by Gasteiger charge is -2.25. The molecule has 2 rings (SSSR count). The maximum Gasteiger partial charge on any atom is 0.263 e. The van der Waals surface area contributed by atoms with Crippen molar-refractivity contribution in [2.24, 2.45) is 10.7 Å². The Morgan fingerprint density at radius 1 is 1.41 bits per heavy atom. The fourth-order valence-electron chi connectivity index (χ4n) is 2.06. The molecule has 0 aliphatic carbocycles. The molecule has 1 unspecified atom stereocenters. The van der Waals surface area contributed by atoms with E-state index in [1.807, 2.05) is 11.8 Å². The number of hydrogen-bond donors (Lipinski definition) is 1. The van der Waals surface area contributed by atoms with Crippen LogP contribution in [0.4, 0.5) is 8.78 Å². The molecular weight excluding hydrogens is 224 g/mol. The van der Waals surface area contributed by atoms with Gasteiger partial charge in [0.2, 0.25) is 0 Å². The van der Waals surface area contributed by atoms with Crippen LogP contribution >= 0.6 is 0 Å². The highest BCUT2D eigenvalue weighted by atomic mass is 19.3. The number of halogens is 2. The second-order valence-corrected chi connectivity index (χ2v) is 3.97. The van der Waals surface area contributed by atoms with Gasteiger partial charge in [0.1, 0.15) is 0 Å². The van der Waals surface area contributed by atoms with Crippen LogP contribution in [0.5, 0.6) is 0 Å². The van der Waals surface area contributed by atoms with Crippen LogP contribution in [0.25, 0.3) is 0 Å². The zero-order chi connectivity index (χ0) is 12.4. The van der Waals surface area contributed by atoms with Gasteiger partial charge in [-0.05, 0) is 12.5 Å². The minimum absolute atomic E-state index is 0.0451. The van der Waals surface area contributed by atoms with Gasteiger partial charge in [0.05, 0.1) is 12.6 Å². The molecule has 2 N–H and O–H groups in total. The Morgan fingerprint density at radius 3 is 2.59 bits per heavy atom. The van der Waals surface area contributed by atoms with Crippen LogP contribution in [-0.2, 0) is 0 Å². The van der Waals surface area contributed by atoms with Gasteiger partial charge in [0, 0.05) is 12.1 Å². The maximum atomic E-state index is 12.4. The molecule has 5 heteroatoms. The van der Waals surface area contributed by atoms with Gasteiger partial charge in [0.15, 0.2) is 5.96 Å². The number of benzene rings is 1. The predicted molar refractivity (Wildman–Crippen MR) is 63.0 cm³/mol. The highest BCUT2D eigenvalue weighted by Gasteiger charge is 2.25. The van der Waals surface area contributed by atoms with Crippen LogP contribution < -0.4 is 5.73 Å². The average molecular weight is 239 g/mol. The van der Waals surface area contributed by atoms with Gasteiger partial charge in [-0.1, -0.05) is 24.3 Å². The van der Waals surface area contributed by atoms with Crippen molar-refractivity contribution < 1.29 is 8.78 Å². The number of aliphatic imine (C=N–C) groups is 1. The molecule has 1 aliphatic rings. The molecule has 1 aliphatic heterocycles. The standard InChI is InChI=1S/C12H15F2N3/c1-2-17-10(7-16-12(17)15)8-3-5-9(6-4-8)11(13)14/h3-6,10-11H,2,7H2,1H3,(H2,15,16). The zero-order valence-corrected chi connectivity index (χ0v) is 9.61. The molecule has 0 saturated carbocycles. The minimum Gasteiger partial charge on any atom is -0.370 e. The normalized spacial score (nSPS) is 19.9. The number of rotatable bonds is 3. The van der Waals surface area contributed by atoms with E-state index in [1.54, 1.807) is 12.1 Å². The van der Waals surface area contributed by atoms with Crippen molar-refractivity contribution in [3.05, 3.63) is 35.4 Å². The second kappa shape index (κ2) is 4.69. The molecule has 1 aromatic rings. The molecule has 0 aromatic heterocycles. The van der Waals surface area contributed by atoms with E-state index in [4.69, 9.17) is 5.73 Å². The third kappa shape index (κ3) is 2.23. The summed E-state index contributed by atoms with van der Waals surface area (Å²) in [5.41, 5.74) is 6.77. The molecule has 1 aromatic carbocycles. The van der Waals surface area contributed by atoms with Crippen molar-refractivity contribution >= 4 is 5.96 Å². The summed E-state index contributed by atoms with van der Waals surface area (Å²) in [6.07, 6.45) is -2.42. The van der Waals surface area contributed by atoms with E-state index in [0.29, 0.717) is 12.5 Å². The van der Waals surface area contributed by atoms with E-state index in [1.165, 1.54) is 12.1 Å². The van der Waals surface area contributed by atoms with Crippen molar-refractivity contribution in [2.75, 3.05) is 13.1 Å². The molecular formula is C12H15F2N3. The van der Waals surface area contributed by atoms with Gasteiger partial charge in [-0.25, -0.2) is 8.78 Å². The Bertz CT molecular complexity index is 414. The molecule has 0 saturated heterocycles. The highest BCUT2D eigenvalue weighted by molar-refractivity contribution is 5.80. The lowest BCUT2D eigenvalue weighted by Crippen LogP contribution is -2.35. The van der Waals surface area contributed by atoms with Crippen LogP contribution in [0.3, 0.4) is 0 Å². The van der Waals surface area contributed by atoms with Gasteiger partial charge < -0.3 is 10.6 Å². The molecule has 17 heavy (non-hydrogen) atoms. The molecule has 0 spiro atoms. The smallest absolute Gasteiger partial charge is 0.263 e. The van der Waals surface area contributed by atoms with Crippen molar-refractivity contribution in [3.8, 4) is 0 Å². The monoisotopic (exact) mass is 239 g/mol. The Morgan fingerprint density at radius 2 is 2.06 bits per heavy atom. The molecule has 0 radical (unpaired) electrons. The van der Waals surface area contributed by atoms with Crippen molar-refractivity contribution in [1.29, 1.82) is 0 Å². The SMILES string of the molecule is CCN1C(N)=NCC1c1ccc(C(F)F)cc1. The molecule has 92 valence electrons. The zero-order valence-electron chi connectivity index (χ0n) is 9.61. The maximum absolute atomic E-state index is 12.4. The van der Waals surface area contributed by atoms with Crippen molar-refractivity contribution in [3.63, 3.8) is 0 Å². The summed E-state index contributed by atoms with van der Waals surface area (Å²) in [6, 6.07) is 6.45. The summed E-state index contributed by atoms with van der Waals surface area (Å²) in [4.78, 5) is 6.15. The van der Waals surface area contributed by atoms with E-state index in [9.17, 15) is 8.78 Å². The van der Waals surface area contributed by atoms with Crippen LogP contribution in [0.1, 0.15) is 30.5 Å². The fraction of sp³-hybridized carbons (Fsp3) is 0.417. The van der Waals surface area contributed by atoms with Gasteiger partial charge in [-0.2, -0.15) is 0 Å². The van der Waals surface area contributed by atoms with E-state index < -0.39 is 6.43 Å². The largest absolute Gasteiger partial charge is 0.370 e. The lowest BCUT2D eigenvalue weighted by atomic mass is 10.0. The summed E-state index contributed by atoms with van der Waals surface area (Å²) in [5.74, 6) is 0.524. The van der Waals surface area contributed by atoms with E-state index >= 15 is 0 Å². The van der Waals surface area contributed by atoms with E-state index in [0.717, 1.165) is 12.1 Å². The van der Waals surface area contributed by atoms with Gasteiger partial charge in [-0.3, -0.25) is 4.99 Å². The first kappa shape index (κ1) is 11.8. The first-order valence-electron chi connectivity index (χ1n) is 5.58. The molecule has 1 atom stereocenters. The highest BCUT2D eigenvalue weighted by Crippen LogP contribution is 2.27. The van der Waals surface area contributed by atoms with Gasteiger partial charge in [0.25, 0.3) is 6.43 Å². The fourth-order valence-corrected chi connectivity index (χ4v) is 2.06. The molecule has 0 bridgehead atoms. The van der Waals surface area contributed by atoms with Crippen molar-refractivity contribution in [2.45, 2.75) is 19.4 Å². The number of likely N-dealkylation sites (N-methyl/N-ethyl adjacent to an activating group) is 1. The molecule has 1 heterocycles. The first-order valence-corrected chi connectivity index (χ1v) is 5.58. The van der Waals surface area contributed by atoms with E-state index in [2.05, 4.69) is 4.99 Å². The van der Waals surface area contributed by atoms with Crippen LogP contribution in [0, 0.1) is 0 Å². The third-order valence-corrected chi connectivity index (χ3v) is 3.01. The number of alkyl halides is 2. The third-order valence-electron chi connectivity index (χ3n) is 3.01. The Kier molecular flexibility index (Phi) is 3.26. The van der Waals surface area contributed by atoms with Crippen LogP contribution in [0.15, 0.2) is 29.3 Å². The first-order chi connectivity index (χ1) is 8.13. The van der Waals surface area contributed by atoms with Crippen LogP contribution in [-0.4, -0.2) is 23.9 Å². The summed E-state index contributed by atoms with van der Waals surface area (Å²) in [7, 11) is 0. The quantitative estimate of drug-likeness (QED) is 0.879. The minimum atomic E-state index is -2.42. The van der Waals surface area contributed by atoms with Crippen molar-refractivity contribution in [1.82, 2.24) is 4.90 Å². The number of nitrogens with two attached hydrogens (primary N) is 1. The summed E-state index contributed by atoms with van der Waals surface area (Å²) in [6.45, 7) is 3.35. The summed E-state index contributed by atoms with van der Waals surface area (Å²) in [5, 5.41) is 0. The Labute approximate surface area is 98.9 Å². The average Bonchev–Trinajstić information content (AvgIpc) is 2.70. The predicted octanol–water partition coefficient (Wildman–Crippen LogP) is 2.32. The Balaban J connectivity index is 2.18. The summed E-state index contributed by atoms with van der Waals surface area (Å²) < 4.78 is 24.9. The Hall–Kier alpha value is -1.65.